The van der Waals surface area contributed by atoms with Gasteiger partial charge in [0.1, 0.15) is 17.4 Å². The molecule has 0 bridgehead atoms. The lowest BCUT2D eigenvalue weighted by Crippen LogP contribution is -2.16. The second-order valence-electron chi connectivity index (χ2n) is 8.00. The first-order valence-electron chi connectivity index (χ1n) is 10.4. The number of amidine groups is 1. The minimum atomic E-state index is -1.33. The van der Waals surface area contributed by atoms with E-state index in [9.17, 15) is 24.9 Å². The van der Waals surface area contributed by atoms with Gasteiger partial charge in [0.05, 0.1) is 28.9 Å². The van der Waals surface area contributed by atoms with Gasteiger partial charge in [0, 0.05) is 11.1 Å². The third-order valence-electron chi connectivity index (χ3n) is 5.69. The number of nitrogens with two attached hydrogens (primary N) is 1. The van der Waals surface area contributed by atoms with Gasteiger partial charge in [0.2, 0.25) is 0 Å². The molecular weight excluding hydrogens is 436 g/mol. The Morgan fingerprint density at radius 1 is 1.06 bits per heavy atom. The molecule has 9 nitrogen and oxygen atoms in total. The number of fused-ring (bicyclic) bond motifs is 1. The molecule has 0 radical (unpaired) electrons. The lowest BCUT2D eigenvalue weighted by atomic mass is 9.88. The number of nitrogens with one attached hydrogen (secondary N) is 2. The Morgan fingerprint density at radius 3 is 2.41 bits per heavy atom. The number of imidazole rings is 1. The number of aromatic amines is 1. The van der Waals surface area contributed by atoms with Crippen molar-refractivity contribution in [2.24, 2.45) is 5.73 Å². The number of carbonyl (C=O) groups is 2. The number of aliphatic carboxylic acids is 2. The summed E-state index contributed by atoms with van der Waals surface area (Å²) in [7, 11) is 0. The first kappa shape index (κ1) is 22.5. The summed E-state index contributed by atoms with van der Waals surface area (Å²) in [5.41, 5.74) is 9.55. The molecule has 1 unspecified atom stereocenters. The molecule has 0 spiro atoms. The van der Waals surface area contributed by atoms with Gasteiger partial charge in [-0.3, -0.25) is 15.0 Å². The van der Waals surface area contributed by atoms with Gasteiger partial charge in [-0.05, 0) is 53.9 Å². The lowest BCUT2D eigenvalue weighted by Gasteiger charge is -2.17. The fraction of sp³-hybridized carbons (Fsp3) is 0.120. The maximum atomic E-state index is 11.9. The van der Waals surface area contributed by atoms with Crippen molar-refractivity contribution in [3.63, 3.8) is 0 Å². The van der Waals surface area contributed by atoms with Gasteiger partial charge in [-0.25, -0.2) is 4.98 Å². The second-order valence-corrected chi connectivity index (χ2v) is 8.00. The van der Waals surface area contributed by atoms with Crippen LogP contribution in [0.15, 0.2) is 54.6 Å². The molecule has 0 aliphatic carbocycles. The van der Waals surface area contributed by atoms with Crippen molar-refractivity contribution in [3.05, 3.63) is 71.3 Å². The van der Waals surface area contributed by atoms with Crippen LogP contribution in [0.4, 0.5) is 0 Å². The van der Waals surface area contributed by atoms with Crippen molar-refractivity contribution >= 4 is 28.8 Å². The molecule has 172 valence electrons. The molecule has 1 heterocycles. The lowest BCUT2D eigenvalue weighted by molar-refractivity contribution is -0.145. The number of hydrogen-bond donors (Lipinski definition) is 6. The summed E-state index contributed by atoms with van der Waals surface area (Å²) < 4.78 is 0. The number of phenols is 1. The Kier molecular flexibility index (Phi) is 5.77. The van der Waals surface area contributed by atoms with Gasteiger partial charge < -0.3 is 26.0 Å². The second kappa shape index (κ2) is 8.70. The fourth-order valence-corrected chi connectivity index (χ4v) is 3.95. The molecule has 0 amide bonds. The zero-order valence-electron chi connectivity index (χ0n) is 18.2. The number of rotatable bonds is 7. The van der Waals surface area contributed by atoms with Crippen LogP contribution < -0.4 is 5.73 Å². The van der Waals surface area contributed by atoms with Crippen molar-refractivity contribution < 1.29 is 24.9 Å². The largest absolute Gasteiger partial charge is 0.507 e. The van der Waals surface area contributed by atoms with E-state index in [4.69, 9.17) is 11.1 Å². The van der Waals surface area contributed by atoms with E-state index >= 15 is 0 Å². The number of phenolic OH excluding ortho intramolecular Hbond substituents is 1. The summed E-state index contributed by atoms with van der Waals surface area (Å²) >= 11 is 0. The van der Waals surface area contributed by atoms with Gasteiger partial charge in [0.15, 0.2) is 0 Å². The number of H-pyrrole nitrogens is 1. The highest BCUT2D eigenvalue weighted by molar-refractivity contribution is 5.98. The van der Waals surface area contributed by atoms with Crippen LogP contribution in [-0.4, -0.2) is 43.1 Å². The summed E-state index contributed by atoms with van der Waals surface area (Å²) in [6, 6.07) is 15.2. The molecule has 0 aliphatic heterocycles. The third kappa shape index (κ3) is 4.18. The highest BCUT2D eigenvalue weighted by Crippen LogP contribution is 2.42. The Bertz CT molecular complexity index is 1460. The summed E-state index contributed by atoms with van der Waals surface area (Å²) in [5, 5.41) is 37.9. The van der Waals surface area contributed by atoms with E-state index in [1.807, 2.05) is 19.1 Å². The highest BCUT2D eigenvalue weighted by atomic mass is 16.4. The Morgan fingerprint density at radius 2 is 1.76 bits per heavy atom. The average molecular weight is 458 g/mol. The molecule has 1 aromatic heterocycles. The Hall–Kier alpha value is -4.66. The van der Waals surface area contributed by atoms with Crippen LogP contribution in [0.1, 0.15) is 29.0 Å². The topological polar surface area (TPSA) is 173 Å². The van der Waals surface area contributed by atoms with Gasteiger partial charge in [-0.1, -0.05) is 24.3 Å². The zero-order chi connectivity index (χ0) is 24.6. The number of aromatic nitrogens is 2. The van der Waals surface area contributed by atoms with E-state index in [0.717, 1.165) is 5.56 Å². The maximum absolute atomic E-state index is 11.9. The molecule has 4 aromatic rings. The minimum Gasteiger partial charge on any atom is -0.507 e. The zero-order valence-corrected chi connectivity index (χ0v) is 18.2. The summed E-state index contributed by atoms with van der Waals surface area (Å²) in [6.07, 6.45) is -0.616. The van der Waals surface area contributed by atoms with Crippen LogP contribution in [-0.2, 0) is 9.59 Å². The molecule has 0 saturated carbocycles. The number of nitrogen functional groups attached to an aromatic ring is 1. The number of aryl methyl sites for hydroxylation is 1. The van der Waals surface area contributed by atoms with Crippen molar-refractivity contribution in [2.45, 2.75) is 19.3 Å². The molecule has 0 saturated heterocycles. The average Bonchev–Trinajstić information content (AvgIpc) is 3.21. The molecule has 0 fully saturated rings. The van der Waals surface area contributed by atoms with E-state index in [1.54, 1.807) is 30.3 Å². The van der Waals surface area contributed by atoms with Gasteiger partial charge >= 0.3 is 11.9 Å². The Balaban J connectivity index is 1.98. The fourth-order valence-electron chi connectivity index (χ4n) is 3.95. The summed E-state index contributed by atoms with van der Waals surface area (Å²) in [5.74, 6) is -3.82. The maximum Gasteiger partial charge on any atom is 0.311 e. The molecule has 9 heteroatoms. The van der Waals surface area contributed by atoms with Crippen LogP contribution in [0.3, 0.4) is 0 Å². The molecule has 7 N–H and O–H groups in total. The monoisotopic (exact) mass is 458 g/mol. The van der Waals surface area contributed by atoms with Gasteiger partial charge in [-0.15, -0.1) is 0 Å². The molecule has 34 heavy (non-hydrogen) atoms. The van der Waals surface area contributed by atoms with Crippen molar-refractivity contribution in [1.82, 2.24) is 9.97 Å². The van der Waals surface area contributed by atoms with Crippen LogP contribution in [0, 0.1) is 12.3 Å². The number of carboxylic acid groups (broad SMARTS) is 2. The van der Waals surface area contributed by atoms with Gasteiger partial charge in [0.25, 0.3) is 0 Å². The number of hydrogen-bond acceptors (Lipinski definition) is 5. The van der Waals surface area contributed by atoms with Crippen LogP contribution in [0.25, 0.3) is 33.5 Å². The molecule has 1 atom stereocenters. The first-order valence-corrected chi connectivity index (χ1v) is 10.4. The summed E-state index contributed by atoms with van der Waals surface area (Å²) in [4.78, 5) is 30.9. The van der Waals surface area contributed by atoms with Crippen molar-refractivity contribution in [2.75, 3.05) is 0 Å². The number of benzene rings is 3. The predicted octanol–water partition coefficient (Wildman–Crippen LogP) is 3.84. The van der Waals surface area contributed by atoms with Crippen LogP contribution >= 0.6 is 0 Å². The first-order chi connectivity index (χ1) is 16.2. The van der Waals surface area contributed by atoms with Crippen LogP contribution in [0.2, 0.25) is 0 Å². The normalized spacial score (nSPS) is 11.9. The van der Waals surface area contributed by atoms with E-state index in [0.29, 0.717) is 27.7 Å². The molecule has 4 rings (SSSR count). The van der Waals surface area contributed by atoms with Gasteiger partial charge in [-0.2, -0.15) is 0 Å². The standard InChI is InChI=1S/C25H22N4O5/c1-12-4-2-3-5-15(12)17-8-14(16(25(33)34)11-21(30)31)9-18(22(17)32)24-28-19-7-6-13(23(26)27)10-20(19)29-24/h2-10,16,32H,11H2,1H3,(H3,26,27)(H,28,29)(H,30,31)(H,33,34). The van der Waals surface area contributed by atoms with E-state index in [-0.39, 0.29) is 28.5 Å². The van der Waals surface area contributed by atoms with E-state index in [2.05, 4.69) is 9.97 Å². The Labute approximate surface area is 194 Å². The SMILES string of the molecule is Cc1ccccc1-c1cc(C(CC(=O)O)C(=O)O)cc(-c2nc3ccc(C(=N)N)cc3[nH]2)c1O. The quantitative estimate of drug-likeness (QED) is 0.180. The van der Waals surface area contributed by atoms with Crippen molar-refractivity contribution in [3.8, 4) is 28.3 Å². The molecule has 0 aliphatic rings. The number of carboxylic acids is 2. The van der Waals surface area contributed by atoms with Crippen molar-refractivity contribution in [1.29, 1.82) is 5.41 Å². The smallest absolute Gasteiger partial charge is 0.311 e. The number of aromatic hydroxyl groups is 1. The molecule has 3 aromatic carbocycles. The third-order valence-corrected chi connectivity index (χ3v) is 5.69. The minimum absolute atomic E-state index is 0.109. The molecular formula is C25H22N4O5. The predicted molar refractivity (Wildman–Crippen MR) is 127 cm³/mol. The van der Waals surface area contributed by atoms with E-state index in [1.165, 1.54) is 12.1 Å². The van der Waals surface area contributed by atoms with E-state index < -0.39 is 24.3 Å². The summed E-state index contributed by atoms with van der Waals surface area (Å²) in [6.45, 7) is 1.86. The highest BCUT2D eigenvalue weighted by Gasteiger charge is 2.27. The number of nitrogens with zero attached hydrogens (tertiary/aromatic N) is 1. The van der Waals surface area contributed by atoms with Crippen LogP contribution in [0.5, 0.6) is 5.75 Å².